The fourth-order valence-electron chi connectivity index (χ4n) is 3.26. The molecular weight excluding hydrogens is 389 g/mol. The van der Waals surface area contributed by atoms with Gasteiger partial charge in [0.15, 0.2) is 0 Å². The van der Waals surface area contributed by atoms with Crippen LogP contribution in [0.1, 0.15) is 15.9 Å². The van der Waals surface area contributed by atoms with Gasteiger partial charge in [-0.2, -0.15) is 0 Å². The molecule has 0 radical (unpaired) electrons. The summed E-state index contributed by atoms with van der Waals surface area (Å²) in [6.45, 7) is 0.573. The number of carbonyl (C=O) groups excluding carboxylic acids is 1. The van der Waals surface area contributed by atoms with Gasteiger partial charge in [0.25, 0.3) is 5.91 Å². The minimum Gasteiger partial charge on any atom is -0.352 e. The van der Waals surface area contributed by atoms with Crippen LogP contribution < -0.4 is 10.6 Å². The highest BCUT2D eigenvalue weighted by atomic mass is 19.1. The summed E-state index contributed by atoms with van der Waals surface area (Å²) >= 11 is 0. The molecule has 0 saturated heterocycles. The molecule has 0 aliphatic carbocycles. The molecule has 4 aromatic rings. The molecule has 1 heterocycles. The number of anilines is 2. The Hall–Kier alpha value is -3.99. The number of pyridine rings is 1. The molecular formula is C26H22FN3O. The van der Waals surface area contributed by atoms with Crippen LogP contribution in [0.25, 0.3) is 11.1 Å². The first-order valence-corrected chi connectivity index (χ1v) is 10.1. The molecule has 4 nitrogen and oxygen atoms in total. The highest BCUT2D eigenvalue weighted by molar-refractivity contribution is 5.95. The van der Waals surface area contributed by atoms with E-state index in [-0.39, 0.29) is 11.7 Å². The van der Waals surface area contributed by atoms with Crippen molar-refractivity contribution in [2.75, 3.05) is 11.9 Å². The van der Waals surface area contributed by atoms with Gasteiger partial charge in [-0.3, -0.25) is 4.79 Å². The minimum absolute atomic E-state index is 0.117. The Labute approximate surface area is 180 Å². The summed E-state index contributed by atoms with van der Waals surface area (Å²) in [5, 5.41) is 6.16. The first kappa shape index (κ1) is 20.3. The SMILES string of the molecule is O=C(NCCc1ccccc1)c1cccc(Nc2ccc(-c3cccc(F)c3)cn2)c1. The lowest BCUT2D eigenvalue weighted by atomic mass is 10.1. The van der Waals surface area contributed by atoms with Crippen molar-refractivity contribution in [3.05, 3.63) is 114 Å². The highest BCUT2D eigenvalue weighted by Crippen LogP contribution is 2.22. The molecule has 0 aliphatic rings. The van der Waals surface area contributed by atoms with Crippen LogP contribution in [-0.4, -0.2) is 17.4 Å². The van der Waals surface area contributed by atoms with Crippen molar-refractivity contribution in [1.82, 2.24) is 10.3 Å². The summed E-state index contributed by atoms with van der Waals surface area (Å²) < 4.78 is 13.4. The maximum absolute atomic E-state index is 13.4. The maximum atomic E-state index is 13.4. The van der Waals surface area contributed by atoms with Gasteiger partial charge in [0, 0.05) is 29.6 Å². The van der Waals surface area contributed by atoms with E-state index in [0.717, 1.165) is 23.2 Å². The number of halogens is 1. The number of benzene rings is 3. The molecule has 0 fully saturated rings. The zero-order chi connectivity index (χ0) is 21.5. The summed E-state index contributed by atoms with van der Waals surface area (Å²) in [5.74, 6) is 0.245. The summed E-state index contributed by atoms with van der Waals surface area (Å²) in [4.78, 5) is 16.9. The van der Waals surface area contributed by atoms with Crippen LogP contribution in [-0.2, 0) is 6.42 Å². The first-order chi connectivity index (χ1) is 15.2. The molecule has 4 rings (SSSR count). The van der Waals surface area contributed by atoms with E-state index < -0.39 is 0 Å². The summed E-state index contributed by atoms with van der Waals surface area (Å²) in [6.07, 6.45) is 2.48. The zero-order valence-electron chi connectivity index (χ0n) is 16.9. The Morgan fingerprint density at radius 1 is 0.839 bits per heavy atom. The van der Waals surface area contributed by atoms with Gasteiger partial charge >= 0.3 is 0 Å². The van der Waals surface area contributed by atoms with E-state index in [2.05, 4.69) is 15.6 Å². The number of carbonyl (C=O) groups is 1. The minimum atomic E-state index is -0.279. The number of rotatable bonds is 7. The molecule has 5 heteroatoms. The van der Waals surface area contributed by atoms with Crippen molar-refractivity contribution >= 4 is 17.4 Å². The number of hydrogen-bond donors (Lipinski definition) is 2. The molecule has 2 N–H and O–H groups in total. The van der Waals surface area contributed by atoms with E-state index in [4.69, 9.17) is 0 Å². The Morgan fingerprint density at radius 2 is 1.68 bits per heavy atom. The average Bonchev–Trinajstić information content (AvgIpc) is 2.80. The second-order valence-corrected chi connectivity index (χ2v) is 7.14. The Bertz CT molecular complexity index is 1160. The summed E-state index contributed by atoms with van der Waals surface area (Å²) in [6, 6.07) is 27.4. The molecule has 0 spiro atoms. The van der Waals surface area contributed by atoms with Crippen LogP contribution in [0, 0.1) is 5.82 Å². The van der Waals surface area contributed by atoms with E-state index in [0.29, 0.717) is 17.9 Å². The molecule has 3 aromatic carbocycles. The number of amides is 1. The second kappa shape index (κ2) is 9.67. The van der Waals surface area contributed by atoms with Crippen LogP contribution in [0.15, 0.2) is 97.2 Å². The highest BCUT2D eigenvalue weighted by Gasteiger charge is 2.07. The van der Waals surface area contributed by atoms with Crippen molar-refractivity contribution < 1.29 is 9.18 Å². The molecule has 154 valence electrons. The lowest BCUT2D eigenvalue weighted by Crippen LogP contribution is -2.25. The van der Waals surface area contributed by atoms with E-state index >= 15 is 0 Å². The van der Waals surface area contributed by atoms with Gasteiger partial charge in [0.05, 0.1) is 0 Å². The van der Waals surface area contributed by atoms with E-state index in [9.17, 15) is 9.18 Å². The Balaban J connectivity index is 1.37. The molecule has 1 amide bonds. The molecule has 0 atom stereocenters. The molecule has 0 saturated carbocycles. The summed E-state index contributed by atoms with van der Waals surface area (Å²) in [7, 11) is 0. The van der Waals surface area contributed by atoms with Crippen LogP contribution in [0.4, 0.5) is 15.9 Å². The predicted octanol–water partition coefficient (Wildman–Crippen LogP) is 5.60. The van der Waals surface area contributed by atoms with Gasteiger partial charge < -0.3 is 10.6 Å². The molecule has 1 aromatic heterocycles. The van der Waals surface area contributed by atoms with Crippen LogP contribution in [0.3, 0.4) is 0 Å². The average molecular weight is 411 g/mol. The smallest absolute Gasteiger partial charge is 0.251 e. The number of hydrogen-bond acceptors (Lipinski definition) is 3. The maximum Gasteiger partial charge on any atom is 0.251 e. The van der Waals surface area contributed by atoms with Crippen LogP contribution >= 0.6 is 0 Å². The first-order valence-electron chi connectivity index (χ1n) is 10.1. The monoisotopic (exact) mass is 411 g/mol. The fraction of sp³-hybridized carbons (Fsp3) is 0.0769. The van der Waals surface area contributed by atoms with E-state index in [1.54, 1.807) is 24.4 Å². The summed E-state index contributed by atoms with van der Waals surface area (Å²) in [5.41, 5.74) is 4.13. The number of nitrogens with zero attached hydrogens (tertiary/aromatic N) is 1. The lowest BCUT2D eigenvalue weighted by molar-refractivity contribution is 0.0954. The van der Waals surface area contributed by atoms with Gasteiger partial charge in [-0.25, -0.2) is 9.37 Å². The Kier molecular flexibility index (Phi) is 6.33. The van der Waals surface area contributed by atoms with Gasteiger partial charge in [-0.1, -0.05) is 48.5 Å². The van der Waals surface area contributed by atoms with Gasteiger partial charge in [0.1, 0.15) is 11.6 Å². The van der Waals surface area contributed by atoms with Gasteiger partial charge in [-0.05, 0) is 60.0 Å². The largest absolute Gasteiger partial charge is 0.352 e. The molecule has 0 bridgehead atoms. The van der Waals surface area contributed by atoms with Gasteiger partial charge in [-0.15, -0.1) is 0 Å². The predicted molar refractivity (Wildman–Crippen MR) is 122 cm³/mol. The number of aromatic nitrogens is 1. The zero-order valence-corrected chi connectivity index (χ0v) is 16.9. The van der Waals surface area contributed by atoms with Gasteiger partial charge in [0.2, 0.25) is 0 Å². The lowest BCUT2D eigenvalue weighted by Gasteiger charge is -2.09. The normalized spacial score (nSPS) is 10.5. The van der Waals surface area contributed by atoms with Crippen LogP contribution in [0.5, 0.6) is 0 Å². The third kappa shape index (κ3) is 5.54. The molecule has 0 unspecified atom stereocenters. The molecule has 0 aliphatic heterocycles. The third-order valence-electron chi connectivity index (χ3n) is 4.86. The van der Waals surface area contributed by atoms with Crippen molar-refractivity contribution in [2.45, 2.75) is 6.42 Å². The quantitative estimate of drug-likeness (QED) is 0.416. The Morgan fingerprint density at radius 3 is 2.45 bits per heavy atom. The van der Waals surface area contributed by atoms with Crippen molar-refractivity contribution in [1.29, 1.82) is 0 Å². The van der Waals surface area contributed by atoms with E-state index in [1.807, 2.05) is 60.7 Å². The topological polar surface area (TPSA) is 54.0 Å². The molecule has 31 heavy (non-hydrogen) atoms. The van der Waals surface area contributed by atoms with Crippen molar-refractivity contribution in [3.63, 3.8) is 0 Å². The second-order valence-electron chi connectivity index (χ2n) is 7.14. The standard InChI is InChI=1S/C26H22FN3O/c27-23-10-4-8-20(16-23)22-12-13-25(29-18-22)30-24-11-5-9-21(17-24)26(31)28-15-14-19-6-2-1-3-7-19/h1-13,16-18H,14-15H2,(H,28,31)(H,29,30). The van der Waals surface area contributed by atoms with Crippen LogP contribution in [0.2, 0.25) is 0 Å². The van der Waals surface area contributed by atoms with Crippen molar-refractivity contribution in [3.8, 4) is 11.1 Å². The van der Waals surface area contributed by atoms with E-state index in [1.165, 1.54) is 17.7 Å². The van der Waals surface area contributed by atoms with Crippen molar-refractivity contribution in [2.24, 2.45) is 0 Å². The third-order valence-corrected chi connectivity index (χ3v) is 4.86. The fourth-order valence-corrected chi connectivity index (χ4v) is 3.26. The number of nitrogens with one attached hydrogen (secondary N) is 2.